The molecule has 4 heterocycles. The van der Waals surface area contributed by atoms with E-state index in [9.17, 15) is 18.0 Å². The number of amides is 1. The SMILES string of the molecule is O=C(Nc1ccccc1N1CCOCC1)c1cc2n(n1)[C@H](C(F)(F)F)C[C@H](c1ccc3c(c1)OCO3)N2. The monoisotopic (exact) mass is 515 g/mol. The van der Waals surface area contributed by atoms with E-state index in [2.05, 4.69) is 20.6 Å². The molecule has 2 aromatic carbocycles. The zero-order valence-electron chi connectivity index (χ0n) is 19.6. The molecule has 3 aliphatic heterocycles. The zero-order chi connectivity index (χ0) is 25.6. The van der Waals surface area contributed by atoms with E-state index < -0.39 is 24.2 Å². The first-order valence-electron chi connectivity index (χ1n) is 11.9. The normalized spacial score (nSPS) is 20.8. The van der Waals surface area contributed by atoms with Gasteiger partial charge < -0.3 is 29.7 Å². The molecule has 2 N–H and O–H groups in total. The molecule has 3 aromatic rings. The van der Waals surface area contributed by atoms with Gasteiger partial charge in [0.25, 0.3) is 5.91 Å². The first kappa shape index (κ1) is 23.5. The lowest BCUT2D eigenvalue weighted by Crippen LogP contribution is -2.36. The van der Waals surface area contributed by atoms with Crippen molar-refractivity contribution in [2.24, 2.45) is 0 Å². The molecule has 9 nitrogen and oxygen atoms in total. The molecule has 0 radical (unpaired) electrons. The van der Waals surface area contributed by atoms with Crippen LogP contribution in [0.2, 0.25) is 0 Å². The Morgan fingerprint density at radius 2 is 1.84 bits per heavy atom. The number of nitrogens with one attached hydrogen (secondary N) is 2. The number of carbonyl (C=O) groups is 1. The van der Waals surface area contributed by atoms with Crippen molar-refractivity contribution in [2.45, 2.75) is 24.7 Å². The minimum Gasteiger partial charge on any atom is -0.454 e. The van der Waals surface area contributed by atoms with E-state index >= 15 is 0 Å². The van der Waals surface area contributed by atoms with Crippen molar-refractivity contribution < 1.29 is 32.2 Å². The average Bonchev–Trinajstić information content (AvgIpc) is 3.55. The van der Waals surface area contributed by atoms with Gasteiger partial charge in [-0.05, 0) is 29.8 Å². The van der Waals surface area contributed by atoms with E-state index in [1.54, 1.807) is 30.3 Å². The smallest absolute Gasteiger partial charge is 0.410 e. The van der Waals surface area contributed by atoms with Crippen LogP contribution in [0, 0.1) is 0 Å². The van der Waals surface area contributed by atoms with E-state index in [1.807, 2.05) is 12.1 Å². The maximum Gasteiger partial charge on any atom is 0.410 e. The molecular formula is C25H24F3N5O4. The molecule has 1 fully saturated rings. The molecule has 0 spiro atoms. The van der Waals surface area contributed by atoms with E-state index in [-0.39, 0.29) is 24.7 Å². The lowest BCUT2D eigenvalue weighted by Gasteiger charge is -2.33. The van der Waals surface area contributed by atoms with Crippen LogP contribution in [0.25, 0.3) is 0 Å². The summed E-state index contributed by atoms with van der Waals surface area (Å²) in [5.41, 5.74) is 1.88. The van der Waals surface area contributed by atoms with Crippen molar-refractivity contribution in [3.05, 3.63) is 59.8 Å². The molecule has 37 heavy (non-hydrogen) atoms. The number of nitrogens with zero attached hydrogens (tertiary/aromatic N) is 3. The molecule has 0 aliphatic carbocycles. The molecule has 12 heteroatoms. The molecule has 1 amide bonds. The number of carbonyl (C=O) groups excluding carboxylic acids is 1. The molecule has 3 aliphatic rings. The first-order chi connectivity index (χ1) is 17.9. The summed E-state index contributed by atoms with van der Waals surface area (Å²) in [6.45, 7) is 2.56. The molecule has 1 saturated heterocycles. The number of aromatic nitrogens is 2. The number of benzene rings is 2. The third-order valence-corrected chi connectivity index (χ3v) is 6.73. The van der Waals surface area contributed by atoms with Crippen LogP contribution in [0.5, 0.6) is 11.5 Å². The topological polar surface area (TPSA) is 89.9 Å². The second-order valence-corrected chi connectivity index (χ2v) is 9.03. The quantitative estimate of drug-likeness (QED) is 0.534. The number of rotatable bonds is 4. The Labute approximate surface area is 210 Å². The number of halogens is 3. The van der Waals surface area contributed by atoms with Gasteiger partial charge in [-0.1, -0.05) is 18.2 Å². The summed E-state index contributed by atoms with van der Waals surface area (Å²) in [5, 5.41) is 10.00. The van der Waals surface area contributed by atoms with Crippen LogP contribution in [-0.2, 0) is 4.74 Å². The fraction of sp³-hybridized carbons (Fsp3) is 0.360. The van der Waals surface area contributed by atoms with Crippen molar-refractivity contribution in [2.75, 3.05) is 48.6 Å². The van der Waals surface area contributed by atoms with Crippen LogP contribution in [0.4, 0.5) is 30.4 Å². The van der Waals surface area contributed by atoms with E-state index in [0.717, 1.165) is 10.4 Å². The Morgan fingerprint density at radius 3 is 2.65 bits per heavy atom. The van der Waals surface area contributed by atoms with Gasteiger partial charge in [0.15, 0.2) is 23.2 Å². The summed E-state index contributed by atoms with van der Waals surface area (Å²) in [5.74, 6) is 0.557. The number of ether oxygens (including phenoxy) is 3. The van der Waals surface area contributed by atoms with Gasteiger partial charge in [0.1, 0.15) is 5.82 Å². The summed E-state index contributed by atoms with van der Waals surface area (Å²) in [6.07, 6.45) is -4.85. The Morgan fingerprint density at radius 1 is 1.05 bits per heavy atom. The van der Waals surface area contributed by atoms with Gasteiger partial charge in [0.05, 0.1) is 30.6 Å². The van der Waals surface area contributed by atoms with Gasteiger partial charge >= 0.3 is 6.18 Å². The highest BCUT2D eigenvalue weighted by Gasteiger charge is 2.47. The third kappa shape index (κ3) is 4.52. The first-order valence-corrected chi connectivity index (χ1v) is 11.9. The van der Waals surface area contributed by atoms with Gasteiger partial charge in [-0.25, -0.2) is 4.68 Å². The number of hydrogen-bond acceptors (Lipinski definition) is 7. The second kappa shape index (κ2) is 9.18. The van der Waals surface area contributed by atoms with Crippen molar-refractivity contribution in [1.29, 1.82) is 0 Å². The fourth-order valence-corrected chi connectivity index (χ4v) is 4.88. The summed E-state index contributed by atoms with van der Waals surface area (Å²) in [6, 6.07) is 11.1. The largest absolute Gasteiger partial charge is 0.454 e. The number of fused-ring (bicyclic) bond motifs is 2. The maximum atomic E-state index is 14.1. The standard InChI is InChI=1S/C25H24F3N5O4/c26-25(27,28)22-12-17(15-5-6-20-21(11-15)37-14-36-20)29-23-13-18(31-33(22)23)24(34)30-16-3-1-2-4-19(16)32-7-9-35-10-8-32/h1-6,11,13,17,22,29H,7-10,12,14H2,(H,30,34)/t17-,22+/m1/s1. The molecule has 6 rings (SSSR count). The number of para-hydroxylation sites is 2. The molecule has 1 aromatic heterocycles. The van der Waals surface area contributed by atoms with Crippen molar-refractivity contribution >= 4 is 23.1 Å². The highest BCUT2D eigenvalue weighted by atomic mass is 19.4. The summed E-state index contributed by atoms with van der Waals surface area (Å²) >= 11 is 0. The highest BCUT2D eigenvalue weighted by Crippen LogP contribution is 2.45. The lowest BCUT2D eigenvalue weighted by molar-refractivity contribution is -0.173. The number of anilines is 3. The Hall–Kier alpha value is -3.93. The average molecular weight is 515 g/mol. The molecule has 0 bridgehead atoms. The third-order valence-electron chi connectivity index (χ3n) is 6.73. The number of morpholine rings is 1. The summed E-state index contributed by atoms with van der Waals surface area (Å²) in [7, 11) is 0. The Kier molecular flexibility index (Phi) is 5.82. The summed E-state index contributed by atoms with van der Waals surface area (Å²) in [4.78, 5) is 15.2. The Bertz CT molecular complexity index is 1320. The lowest BCUT2D eigenvalue weighted by atomic mass is 9.96. The fourth-order valence-electron chi connectivity index (χ4n) is 4.88. The van der Waals surface area contributed by atoms with Crippen LogP contribution >= 0.6 is 0 Å². The van der Waals surface area contributed by atoms with Crippen molar-refractivity contribution in [3.63, 3.8) is 0 Å². The van der Waals surface area contributed by atoms with Gasteiger partial charge in [-0.2, -0.15) is 18.3 Å². The molecule has 0 unspecified atom stereocenters. The van der Waals surface area contributed by atoms with E-state index in [1.165, 1.54) is 6.07 Å². The van der Waals surface area contributed by atoms with Gasteiger partial charge in [-0.15, -0.1) is 0 Å². The molecule has 194 valence electrons. The Balaban J connectivity index is 1.27. The number of alkyl halides is 3. The predicted molar refractivity (Wildman–Crippen MR) is 128 cm³/mol. The summed E-state index contributed by atoms with van der Waals surface area (Å²) < 4.78 is 59.2. The molecular weight excluding hydrogens is 491 g/mol. The molecule has 0 saturated carbocycles. The van der Waals surface area contributed by atoms with Crippen LogP contribution in [-0.4, -0.2) is 55.0 Å². The van der Waals surface area contributed by atoms with Crippen LogP contribution in [0.3, 0.4) is 0 Å². The van der Waals surface area contributed by atoms with Crippen LogP contribution in [0.1, 0.15) is 34.6 Å². The van der Waals surface area contributed by atoms with Crippen LogP contribution in [0.15, 0.2) is 48.5 Å². The minimum atomic E-state index is -4.56. The number of hydrogen-bond donors (Lipinski definition) is 2. The van der Waals surface area contributed by atoms with Crippen LogP contribution < -0.4 is 25.0 Å². The predicted octanol–water partition coefficient (Wildman–Crippen LogP) is 4.36. The molecule has 2 atom stereocenters. The van der Waals surface area contributed by atoms with Gasteiger partial charge in [-0.3, -0.25) is 4.79 Å². The highest BCUT2D eigenvalue weighted by molar-refractivity contribution is 6.05. The van der Waals surface area contributed by atoms with Crippen molar-refractivity contribution in [3.8, 4) is 11.5 Å². The van der Waals surface area contributed by atoms with Gasteiger partial charge in [0.2, 0.25) is 6.79 Å². The second-order valence-electron chi connectivity index (χ2n) is 9.03. The maximum absolute atomic E-state index is 14.1. The zero-order valence-corrected chi connectivity index (χ0v) is 19.6. The van der Waals surface area contributed by atoms with Gasteiger partial charge in [0, 0.05) is 25.6 Å². The minimum absolute atomic E-state index is 0.0714. The van der Waals surface area contributed by atoms with E-state index in [4.69, 9.17) is 14.2 Å². The van der Waals surface area contributed by atoms with Crippen molar-refractivity contribution in [1.82, 2.24) is 9.78 Å². The van der Waals surface area contributed by atoms with E-state index in [0.29, 0.717) is 49.1 Å².